The highest BCUT2D eigenvalue weighted by Gasteiger charge is 2.36. The number of hydrogen-bond acceptors (Lipinski definition) is 6. The molecule has 6 nitrogen and oxygen atoms in total. The van der Waals surface area contributed by atoms with E-state index >= 15 is 0 Å². The van der Waals surface area contributed by atoms with E-state index in [1.165, 1.54) is 38.5 Å². The fourth-order valence-corrected chi connectivity index (χ4v) is 4.11. The van der Waals surface area contributed by atoms with Crippen LogP contribution in [0.3, 0.4) is 0 Å². The number of oxazole rings is 1. The summed E-state index contributed by atoms with van der Waals surface area (Å²) in [6.45, 7) is 5.08. The zero-order chi connectivity index (χ0) is 17.5. The topological polar surface area (TPSA) is 58.3 Å². The average molecular weight is 353 g/mol. The first-order valence-corrected chi connectivity index (χ1v) is 10.0. The van der Waals surface area contributed by atoms with E-state index < -0.39 is 0 Å². The van der Waals surface area contributed by atoms with Crippen LogP contribution < -0.4 is 4.90 Å². The molecule has 3 aliphatic rings. The Hall–Kier alpha value is -1.95. The molecule has 0 atom stereocenters. The fourth-order valence-electron chi connectivity index (χ4n) is 4.11. The zero-order valence-corrected chi connectivity index (χ0v) is 15.5. The minimum absolute atomic E-state index is 0.583. The molecule has 0 radical (unpaired) electrons. The molecule has 138 valence electrons. The van der Waals surface area contributed by atoms with E-state index in [-0.39, 0.29) is 0 Å². The van der Waals surface area contributed by atoms with Gasteiger partial charge in [0.15, 0.2) is 0 Å². The molecule has 2 aromatic rings. The lowest BCUT2D eigenvalue weighted by Gasteiger charge is -2.39. The second-order valence-electron chi connectivity index (χ2n) is 8.09. The summed E-state index contributed by atoms with van der Waals surface area (Å²) in [4.78, 5) is 18.4. The molecule has 1 saturated heterocycles. The summed E-state index contributed by atoms with van der Waals surface area (Å²) >= 11 is 0. The highest BCUT2D eigenvalue weighted by atomic mass is 16.4. The zero-order valence-electron chi connectivity index (χ0n) is 15.5. The molecule has 0 N–H and O–H groups in total. The van der Waals surface area contributed by atoms with Crippen LogP contribution in [0.5, 0.6) is 0 Å². The third kappa shape index (κ3) is 3.47. The van der Waals surface area contributed by atoms with Crippen molar-refractivity contribution in [3.05, 3.63) is 35.9 Å². The van der Waals surface area contributed by atoms with E-state index in [0.717, 1.165) is 42.8 Å². The molecule has 2 saturated carbocycles. The van der Waals surface area contributed by atoms with Crippen LogP contribution in [0.25, 0.3) is 0 Å². The van der Waals surface area contributed by atoms with Crippen LogP contribution in [0.2, 0.25) is 0 Å². The molecule has 3 fully saturated rings. The van der Waals surface area contributed by atoms with Gasteiger partial charge in [0.25, 0.3) is 0 Å². The van der Waals surface area contributed by atoms with E-state index in [2.05, 4.69) is 30.8 Å². The Morgan fingerprint density at radius 1 is 1.04 bits per heavy atom. The molecule has 26 heavy (non-hydrogen) atoms. The normalized spacial score (nSPS) is 21.9. The molecule has 0 unspecified atom stereocenters. The number of nitrogens with zero attached hydrogens (tertiary/aromatic N) is 5. The van der Waals surface area contributed by atoms with Crippen LogP contribution in [-0.2, 0) is 6.54 Å². The minimum Gasteiger partial charge on any atom is -0.444 e. The lowest BCUT2D eigenvalue weighted by molar-refractivity contribution is 0.183. The standard InChI is InChI=1S/C20H27N5O/c1-14-10-19(23-13-22-14)25(16-4-5-16)17-6-8-24(9-7-17)12-20-21-11-18(26-20)15-2-3-15/h10-11,13,15-17H,2-9,12H2,1H3. The van der Waals surface area contributed by atoms with Crippen molar-refractivity contribution in [1.82, 2.24) is 19.9 Å². The van der Waals surface area contributed by atoms with Crippen LogP contribution in [0.15, 0.2) is 23.0 Å². The largest absolute Gasteiger partial charge is 0.444 e. The Balaban J connectivity index is 1.21. The second kappa shape index (κ2) is 6.65. The van der Waals surface area contributed by atoms with Gasteiger partial charge in [-0.1, -0.05) is 0 Å². The first-order chi connectivity index (χ1) is 12.8. The highest BCUT2D eigenvalue weighted by Crippen LogP contribution is 2.40. The Morgan fingerprint density at radius 2 is 1.81 bits per heavy atom. The maximum Gasteiger partial charge on any atom is 0.208 e. The van der Waals surface area contributed by atoms with Gasteiger partial charge in [0.05, 0.1) is 12.7 Å². The summed E-state index contributed by atoms with van der Waals surface area (Å²) < 4.78 is 5.94. The number of likely N-dealkylation sites (tertiary alicyclic amines) is 1. The van der Waals surface area contributed by atoms with Crippen molar-refractivity contribution in [3.63, 3.8) is 0 Å². The van der Waals surface area contributed by atoms with Crippen LogP contribution in [-0.4, -0.2) is 45.0 Å². The summed E-state index contributed by atoms with van der Waals surface area (Å²) in [5.74, 6) is 3.73. The van der Waals surface area contributed by atoms with Crippen LogP contribution in [0, 0.1) is 6.92 Å². The van der Waals surface area contributed by atoms with Gasteiger partial charge in [0, 0.05) is 42.9 Å². The molecule has 0 amide bonds. The molecule has 6 heteroatoms. The minimum atomic E-state index is 0.583. The van der Waals surface area contributed by atoms with Gasteiger partial charge in [-0.25, -0.2) is 15.0 Å². The summed E-state index contributed by atoms with van der Waals surface area (Å²) in [5, 5.41) is 0. The predicted octanol–water partition coefficient (Wildman–Crippen LogP) is 3.28. The number of anilines is 1. The molecule has 0 bridgehead atoms. The quantitative estimate of drug-likeness (QED) is 0.794. The first kappa shape index (κ1) is 16.2. The Kier molecular flexibility index (Phi) is 4.15. The number of piperidine rings is 1. The molecule has 2 aromatic heterocycles. The summed E-state index contributed by atoms with van der Waals surface area (Å²) in [6, 6.07) is 3.39. The van der Waals surface area contributed by atoms with E-state index in [4.69, 9.17) is 4.42 Å². The van der Waals surface area contributed by atoms with Crippen LogP contribution in [0.1, 0.15) is 61.8 Å². The summed E-state index contributed by atoms with van der Waals surface area (Å²) in [5.41, 5.74) is 1.05. The number of hydrogen-bond donors (Lipinski definition) is 0. The number of aryl methyl sites for hydroxylation is 1. The fraction of sp³-hybridized carbons (Fsp3) is 0.650. The molecule has 5 rings (SSSR count). The first-order valence-electron chi connectivity index (χ1n) is 10.0. The van der Waals surface area contributed by atoms with Gasteiger partial charge in [-0.05, 0) is 45.4 Å². The second-order valence-corrected chi connectivity index (χ2v) is 8.09. The summed E-state index contributed by atoms with van der Waals surface area (Å²) in [6.07, 6.45) is 11.1. The predicted molar refractivity (Wildman–Crippen MR) is 99.0 cm³/mol. The Bertz CT molecular complexity index is 759. The third-order valence-electron chi connectivity index (χ3n) is 5.85. The van der Waals surface area contributed by atoms with E-state index in [1.807, 2.05) is 13.1 Å². The van der Waals surface area contributed by atoms with Crippen molar-refractivity contribution in [2.45, 2.75) is 70.0 Å². The maximum atomic E-state index is 5.94. The van der Waals surface area contributed by atoms with Gasteiger partial charge in [-0.15, -0.1) is 0 Å². The van der Waals surface area contributed by atoms with Crippen molar-refractivity contribution in [1.29, 1.82) is 0 Å². The van der Waals surface area contributed by atoms with Crippen LogP contribution in [0.4, 0.5) is 5.82 Å². The molecular formula is C20H27N5O. The van der Waals surface area contributed by atoms with Gasteiger partial charge in [0.2, 0.25) is 5.89 Å². The van der Waals surface area contributed by atoms with Gasteiger partial charge in [-0.3, -0.25) is 4.90 Å². The maximum absolute atomic E-state index is 5.94. The molecule has 3 heterocycles. The van der Waals surface area contributed by atoms with Crippen molar-refractivity contribution in [2.24, 2.45) is 0 Å². The van der Waals surface area contributed by atoms with Crippen molar-refractivity contribution < 1.29 is 4.42 Å². The highest BCUT2D eigenvalue weighted by molar-refractivity contribution is 5.43. The van der Waals surface area contributed by atoms with Gasteiger partial charge in [-0.2, -0.15) is 0 Å². The third-order valence-corrected chi connectivity index (χ3v) is 5.85. The van der Waals surface area contributed by atoms with Crippen molar-refractivity contribution in [3.8, 4) is 0 Å². The molecule has 2 aliphatic carbocycles. The number of aromatic nitrogens is 3. The molecular weight excluding hydrogens is 326 g/mol. The van der Waals surface area contributed by atoms with Crippen molar-refractivity contribution in [2.75, 3.05) is 18.0 Å². The average Bonchev–Trinajstić information content (AvgIpc) is 3.57. The molecule has 0 spiro atoms. The number of rotatable bonds is 6. The molecule has 0 aromatic carbocycles. The van der Waals surface area contributed by atoms with Gasteiger partial charge >= 0.3 is 0 Å². The summed E-state index contributed by atoms with van der Waals surface area (Å²) in [7, 11) is 0. The molecule has 1 aliphatic heterocycles. The van der Waals surface area contributed by atoms with E-state index in [1.54, 1.807) is 6.33 Å². The lowest BCUT2D eigenvalue weighted by Crippen LogP contribution is -2.46. The Morgan fingerprint density at radius 3 is 2.50 bits per heavy atom. The lowest BCUT2D eigenvalue weighted by atomic mass is 10.0. The SMILES string of the molecule is Cc1cc(N(C2CC2)C2CCN(Cc3ncc(C4CC4)o3)CC2)ncn1. The van der Waals surface area contributed by atoms with Crippen LogP contribution >= 0.6 is 0 Å². The van der Waals surface area contributed by atoms with Crippen molar-refractivity contribution >= 4 is 5.82 Å². The van der Waals surface area contributed by atoms with E-state index in [0.29, 0.717) is 18.0 Å². The van der Waals surface area contributed by atoms with Gasteiger partial charge in [0.1, 0.15) is 17.9 Å². The van der Waals surface area contributed by atoms with E-state index in [9.17, 15) is 0 Å². The Labute approximate surface area is 154 Å². The van der Waals surface area contributed by atoms with Gasteiger partial charge < -0.3 is 9.32 Å². The monoisotopic (exact) mass is 353 g/mol. The smallest absolute Gasteiger partial charge is 0.208 e.